The number of pyridine rings is 1. The summed E-state index contributed by atoms with van der Waals surface area (Å²) in [5, 5.41) is 7.82. The molecule has 1 aliphatic rings. The lowest BCUT2D eigenvalue weighted by Gasteiger charge is -2.38. The average Bonchev–Trinajstić information content (AvgIpc) is 3.07. The van der Waals surface area contributed by atoms with E-state index in [0.717, 1.165) is 16.6 Å². The molecule has 0 bridgehead atoms. The summed E-state index contributed by atoms with van der Waals surface area (Å²) in [5.74, 6) is -0.376. The van der Waals surface area contributed by atoms with Crippen molar-refractivity contribution in [3.05, 3.63) is 53.9 Å². The lowest BCUT2D eigenvalue weighted by molar-refractivity contribution is -0.323. The normalized spacial score (nSPS) is 14.3. The number of hydrogen-bond donors (Lipinski definition) is 2. The molecule has 0 unspecified atom stereocenters. The number of nitrogens with one attached hydrogen (secondary N) is 1. The molecule has 1 aromatic carbocycles. The van der Waals surface area contributed by atoms with Crippen LogP contribution in [-0.2, 0) is 16.1 Å². The Labute approximate surface area is 186 Å². The van der Waals surface area contributed by atoms with Gasteiger partial charge in [0, 0.05) is 42.7 Å². The Balaban J connectivity index is 1.41. The molecular weight excluding hydrogens is 441 g/mol. The molecule has 174 valence electrons. The lowest BCUT2D eigenvalue weighted by atomic mass is 9.93. The molecule has 3 N–H and O–H groups in total. The van der Waals surface area contributed by atoms with E-state index in [0.29, 0.717) is 18.7 Å². The Morgan fingerprint density at radius 1 is 1.21 bits per heavy atom. The minimum Gasteiger partial charge on any atom is -0.384 e. The van der Waals surface area contributed by atoms with Crippen molar-refractivity contribution in [1.29, 1.82) is 0 Å². The molecule has 3 heterocycles. The van der Waals surface area contributed by atoms with Gasteiger partial charge in [0.05, 0.1) is 17.8 Å². The van der Waals surface area contributed by atoms with Crippen LogP contribution in [0.25, 0.3) is 10.9 Å². The zero-order valence-corrected chi connectivity index (χ0v) is 17.4. The largest absolute Gasteiger partial charge is 0.522 e. The summed E-state index contributed by atoms with van der Waals surface area (Å²) >= 11 is 0. The fourth-order valence-corrected chi connectivity index (χ4v) is 3.71. The number of aromatic nitrogens is 3. The van der Waals surface area contributed by atoms with E-state index in [-0.39, 0.29) is 30.7 Å². The number of carbonyl (C=O) groups is 2. The van der Waals surface area contributed by atoms with Crippen molar-refractivity contribution >= 4 is 28.5 Å². The monoisotopic (exact) mass is 462 g/mol. The van der Waals surface area contributed by atoms with Crippen LogP contribution >= 0.6 is 0 Å². The summed E-state index contributed by atoms with van der Waals surface area (Å²) < 4.78 is 41.2. The van der Waals surface area contributed by atoms with Gasteiger partial charge in [0.25, 0.3) is 5.91 Å². The van der Waals surface area contributed by atoms with Crippen LogP contribution in [-0.4, -0.2) is 64.1 Å². The number of nitrogen functional groups attached to an aromatic ring is 1. The number of benzene rings is 1. The number of para-hydroxylation sites is 1. The maximum Gasteiger partial charge on any atom is 0.522 e. The highest BCUT2D eigenvalue weighted by molar-refractivity contribution is 5.95. The molecule has 0 atom stereocenters. The first kappa shape index (κ1) is 22.5. The number of likely N-dealkylation sites (tertiary alicyclic amines) is 1. The maximum absolute atomic E-state index is 12.6. The Kier molecular flexibility index (Phi) is 6.18. The molecule has 2 amide bonds. The van der Waals surface area contributed by atoms with Crippen LogP contribution in [0.3, 0.4) is 0 Å². The molecule has 4 rings (SSSR count). The van der Waals surface area contributed by atoms with Gasteiger partial charge in [-0.2, -0.15) is 5.10 Å². The fourth-order valence-electron chi connectivity index (χ4n) is 3.71. The van der Waals surface area contributed by atoms with Crippen LogP contribution in [0.2, 0.25) is 0 Å². The molecular formula is C21H21F3N6O3. The van der Waals surface area contributed by atoms with E-state index < -0.39 is 18.9 Å². The van der Waals surface area contributed by atoms with Gasteiger partial charge in [-0.15, -0.1) is 13.2 Å². The van der Waals surface area contributed by atoms with Gasteiger partial charge in [0.2, 0.25) is 5.91 Å². The second kappa shape index (κ2) is 9.06. The summed E-state index contributed by atoms with van der Waals surface area (Å²) in [7, 11) is 0. The van der Waals surface area contributed by atoms with Crippen molar-refractivity contribution in [1.82, 2.24) is 25.0 Å². The predicted molar refractivity (Wildman–Crippen MR) is 112 cm³/mol. The van der Waals surface area contributed by atoms with Gasteiger partial charge in [-0.3, -0.25) is 19.0 Å². The van der Waals surface area contributed by atoms with Gasteiger partial charge < -0.3 is 16.0 Å². The molecule has 3 aromatic rings. The van der Waals surface area contributed by atoms with Gasteiger partial charge in [-0.05, 0) is 18.2 Å². The fraction of sp³-hybridized carbons (Fsp3) is 0.333. The molecule has 2 aromatic heterocycles. The SMILES string of the molecule is Nc1cc(C(=O)N2CC(c3nn(CC(=O)NCCOC(F)(F)F)c4ccccc34)C2)ccn1. The second-order valence-corrected chi connectivity index (χ2v) is 7.58. The molecule has 9 nitrogen and oxygen atoms in total. The number of halogens is 3. The Morgan fingerprint density at radius 2 is 1.97 bits per heavy atom. The van der Waals surface area contributed by atoms with E-state index in [4.69, 9.17) is 5.73 Å². The van der Waals surface area contributed by atoms with Crippen molar-refractivity contribution in [2.24, 2.45) is 0 Å². The van der Waals surface area contributed by atoms with Gasteiger partial charge >= 0.3 is 6.36 Å². The van der Waals surface area contributed by atoms with E-state index in [1.807, 2.05) is 24.3 Å². The van der Waals surface area contributed by atoms with Crippen LogP contribution < -0.4 is 11.1 Å². The van der Waals surface area contributed by atoms with E-state index in [1.54, 1.807) is 11.0 Å². The van der Waals surface area contributed by atoms with Crippen molar-refractivity contribution in [3.8, 4) is 0 Å². The molecule has 0 radical (unpaired) electrons. The number of nitrogens with zero attached hydrogens (tertiary/aromatic N) is 4. The van der Waals surface area contributed by atoms with E-state index in [1.165, 1.54) is 16.9 Å². The number of nitrogens with two attached hydrogens (primary N) is 1. The molecule has 0 aliphatic carbocycles. The van der Waals surface area contributed by atoms with Gasteiger partial charge in [-0.25, -0.2) is 4.98 Å². The number of alkyl halides is 3. The molecule has 12 heteroatoms. The third-order valence-electron chi connectivity index (χ3n) is 5.25. The smallest absolute Gasteiger partial charge is 0.384 e. The maximum atomic E-state index is 12.6. The number of hydrogen-bond acceptors (Lipinski definition) is 6. The minimum absolute atomic E-state index is 0.0115. The van der Waals surface area contributed by atoms with Gasteiger partial charge in [0.15, 0.2) is 0 Å². The van der Waals surface area contributed by atoms with Gasteiger partial charge in [-0.1, -0.05) is 18.2 Å². The quantitative estimate of drug-likeness (QED) is 0.519. The van der Waals surface area contributed by atoms with Crippen molar-refractivity contribution in [2.75, 3.05) is 32.0 Å². The molecule has 0 spiro atoms. The first-order valence-corrected chi connectivity index (χ1v) is 10.1. The highest BCUT2D eigenvalue weighted by Gasteiger charge is 2.35. The third-order valence-corrected chi connectivity index (χ3v) is 5.25. The molecule has 1 saturated heterocycles. The van der Waals surface area contributed by atoms with E-state index in [9.17, 15) is 22.8 Å². The van der Waals surface area contributed by atoms with Crippen LogP contribution in [0.5, 0.6) is 0 Å². The zero-order valence-electron chi connectivity index (χ0n) is 17.4. The summed E-state index contributed by atoms with van der Waals surface area (Å²) in [6.45, 7) is -0.177. The minimum atomic E-state index is -4.74. The Hall–Kier alpha value is -3.67. The Morgan fingerprint density at radius 3 is 2.70 bits per heavy atom. The molecule has 1 fully saturated rings. The second-order valence-electron chi connectivity index (χ2n) is 7.58. The summed E-state index contributed by atoms with van der Waals surface area (Å²) in [5.41, 5.74) is 7.60. The van der Waals surface area contributed by atoms with Crippen LogP contribution in [0, 0.1) is 0 Å². The molecule has 33 heavy (non-hydrogen) atoms. The van der Waals surface area contributed by atoms with Crippen LogP contribution in [0.1, 0.15) is 22.0 Å². The summed E-state index contributed by atoms with van der Waals surface area (Å²) in [4.78, 5) is 30.4. The van der Waals surface area contributed by atoms with E-state index >= 15 is 0 Å². The predicted octanol–water partition coefficient (Wildman–Crippen LogP) is 1.91. The average molecular weight is 462 g/mol. The number of fused-ring (bicyclic) bond motifs is 1. The van der Waals surface area contributed by atoms with Crippen molar-refractivity contribution < 1.29 is 27.5 Å². The number of ether oxygens (including phenoxy) is 1. The highest BCUT2D eigenvalue weighted by atomic mass is 19.4. The number of anilines is 1. The zero-order chi connectivity index (χ0) is 23.6. The van der Waals surface area contributed by atoms with Crippen LogP contribution in [0.4, 0.5) is 19.0 Å². The topological polar surface area (TPSA) is 115 Å². The van der Waals surface area contributed by atoms with Gasteiger partial charge in [0.1, 0.15) is 12.4 Å². The third kappa shape index (κ3) is 5.22. The Bertz CT molecular complexity index is 1170. The lowest BCUT2D eigenvalue weighted by Crippen LogP contribution is -2.48. The summed E-state index contributed by atoms with van der Waals surface area (Å²) in [6.07, 6.45) is -3.25. The van der Waals surface area contributed by atoms with Crippen molar-refractivity contribution in [2.45, 2.75) is 18.8 Å². The number of rotatable bonds is 7. The first-order chi connectivity index (χ1) is 15.7. The van der Waals surface area contributed by atoms with Crippen LogP contribution in [0.15, 0.2) is 42.6 Å². The summed E-state index contributed by atoms with van der Waals surface area (Å²) in [6, 6.07) is 10.5. The van der Waals surface area contributed by atoms with E-state index in [2.05, 4.69) is 20.1 Å². The molecule has 1 aliphatic heterocycles. The first-order valence-electron chi connectivity index (χ1n) is 10.1. The molecule has 0 saturated carbocycles. The number of carbonyl (C=O) groups excluding carboxylic acids is 2. The number of amides is 2. The van der Waals surface area contributed by atoms with Crippen molar-refractivity contribution in [3.63, 3.8) is 0 Å². The highest BCUT2D eigenvalue weighted by Crippen LogP contribution is 2.32. The standard InChI is InChI=1S/C21H21F3N6O3/c22-21(23,24)33-8-7-27-18(31)12-30-16-4-2-1-3-15(16)19(28-30)14-10-29(11-14)20(32)13-5-6-26-17(25)9-13/h1-6,9,14H,7-8,10-12H2,(H2,25,26)(H,27,31).